The van der Waals surface area contributed by atoms with Crippen molar-refractivity contribution in [2.24, 2.45) is 11.3 Å². The molecular formula is C19H29NO. The van der Waals surface area contributed by atoms with E-state index >= 15 is 0 Å². The maximum absolute atomic E-state index is 12.9. The fourth-order valence-corrected chi connectivity index (χ4v) is 3.13. The number of rotatable bonds is 3. The summed E-state index contributed by atoms with van der Waals surface area (Å²) in [6.45, 7) is 9.15. The molecule has 1 aromatic rings. The number of nitrogens with zero attached hydrogens (tertiary/aromatic N) is 1. The van der Waals surface area contributed by atoms with E-state index in [0.717, 1.165) is 25.3 Å². The van der Waals surface area contributed by atoms with Crippen molar-refractivity contribution in [1.29, 1.82) is 0 Å². The molecule has 1 aliphatic rings. The lowest BCUT2D eigenvalue weighted by Gasteiger charge is -2.39. The van der Waals surface area contributed by atoms with Gasteiger partial charge in [0.25, 0.3) is 0 Å². The van der Waals surface area contributed by atoms with Crippen molar-refractivity contribution in [1.82, 2.24) is 4.90 Å². The highest BCUT2D eigenvalue weighted by Crippen LogP contribution is 2.31. The van der Waals surface area contributed by atoms with Gasteiger partial charge >= 0.3 is 0 Å². The fraction of sp³-hybridized carbons (Fsp3) is 0.632. The molecule has 1 aromatic carbocycles. The molecule has 1 aliphatic carbocycles. The van der Waals surface area contributed by atoms with E-state index in [-0.39, 0.29) is 11.3 Å². The molecule has 0 saturated heterocycles. The first-order valence-corrected chi connectivity index (χ1v) is 8.23. The van der Waals surface area contributed by atoms with E-state index in [2.05, 4.69) is 36.1 Å². The number of carbonyl (C=O) groups excluding carboxylic acids is 1. The van der Waals surface area contributed by atoms with E-state index in [1.807, 2.05) is 26.8 Å². The van der Waals surface area contributed by atoms with Crippen LogP contribution in [0.3, 0.4) is 0 Å². The van der Waals surface area contributed by atoms with Crippen molar-refractivity contribution in [2.45, 2.75) is 66.0 Å². The molecule has 0 spiro atoms. The average molecular weight is 287 g/mol. The maximum Gasteiger partial charge on any atom is 0.228 e. The minimum Gasteiger partial charge on any atom is -0.335 e. The van der Waals surface area contributed by atoms with Gasteiger partial charge in [-0.25, -0.2) is 0 Å². The van der Waals surface area contributed by atoms with Crippen LogP contribution < -0.4 is 0 Å². The second kappa shape index (κ2) is 6.64. The van der Waals surface area contributed by atoms with Crippen LogP contribution in [0.25, 0.3) is 0 Å². The number of carbonyl (C=O) groups is 1. The summed E-state index contributed by atoms with van der Waals surface area (Å²) in [7, 11) is 0. The molecule has 0 bridgehead atoms. The Morgan fingerprint density at radius 3 is 2.19 bits per heavy atom. The van der Waals surface area contributed by atoms with Crippen molar-refractivity contribution in [3.63, 3.8) is 0 Å². The summed E-state index contributed by atoms with van der Waals surface area (Å²) >= 11 is 0. The number of benzene rings is 1. The minimum absolute atomic E-state index is 0.283. The monoisotopic (exact) mass is 287 g/mol. The van der Waals surface area contributed by atoms with E-state index in [1.54, 1.807) is 0 Å². The summed E-state index contributed by atoms with van der Waals surface area (Å²) in [4.78, 5) is 15.0. The standard InChI is InChI=1S/C19H29NO/c1-15-10-12-17(13-11-15)20(18(21)19(2,3)4)14-16-8-6-5-7-9-16/h5-9,15,17H,10-14H2,1-4H3. The van der Waals surface area contributed by atoms with Gasteiger partial charge in [-0.15, -0.1) is 0 Å². The van der Waals surface area contributed by atoms with Crippen LogP contribution in [-0.2, 0) is 11.3 Å². The molecule has 2 heteroatoms. The molecule has 0 unspecified atom stereocenters. The van der Waals surface area contributed by atoms with Crippen molar-refractivity contribution in [3.8, 4) is 0 Å². The predicted octanol–water partition coefficient (Wildman–Crippen LogP) is 4.64. The summed E-state index contributed by atoms with van der Waals surface area (Å²) in [6.07, 6.45) is 4.78. The summed E-state index contributed by atoms with van der Waals surface area (Å²) in [5, 5.41) is 0. The Kier molecular flexibility index (Phi) is 5.08. The zero-order chi connectivity index (χ0) is 15.5. The third kappa shape index (κ3) is 4.33. The molecule has 2 nitrogen and oxygen atoms in total. The highest BCUT2D eigenvalue weighted by molar-refractivity contribution is 5.81. The van der Waals surface area contributed by atoms with Gasteiger partial charge in [0.1, 0.15) is 0 Å². The molecule has 1 fully saturated rings. The third-order valence-corrected chi connectivity index (χ3v) is 4.52. The van der Waals surface area contributed by atoms with Gasteiger partial charge in [-0.3, -0.25) is 4.79 Å². The highest BCUT2D eigenvalue weighted by atomic mass is 16.2. The lowest BCUT2D eigenvalue weighted by Crippen LogP contribution is -2.46. The lowest BCUT2D eigenvalue weighted by molar-refractivity contribution is -0.143. The molecule has 0 atom stereocenters. The topological polar surface area (TPSA) is 20.3 Å². The molecule has 2 rings (SSSR count). The van der Waals surface area contributed by atoms with Crippen molar-refractivity contribution in [3.05, 3.63) is 35.9 Å². The van der Waals surface area contributed by atoms with Crippen molar-refractivity contribution >= 4 is 5.91 Å². The number of amides is 1. The molecule has 1 amide bonds. The zero-order valence-electron chi connectivity index (χ0n) is 13.9. The summed E-state index contributed by atoms with van der Waals surface area (Å²) in [6, 6.07) is 10.8. The van der Waals surface area contributed by atoms with Gasteiger partial charge in [-0.1, -0.05) is 58.0 Å². The van der Waals surface area contributed by atoms with Crippen LogP contribution in [0, 0.1) is 11.3 Å². The maximum atomic E-state index is 12.9. The Labute approximate surface area is 129 Å². The second-order valence-electron chi connectivity index (χ2n) is 7.58. The third-order valence-electron chi connectivity index (χ3n) is 4.52. The molecule has 0 aliphatic heterocycles. The van der Waals surface area contributed by atoms with Gasteiger partial charge in [-0.05, 0) is 37.2 Å². The SMILES string of the molecule is CC1CCC(N(Cc2ccccc2)C(=O)C(C)(C)C)CC1. The Morgan fingerprint density at radius 1 is 1.10 bits per heavy atom. The van der Waals surface area contributed by atoms with Gasteiger partial charge in [0.05, 0.1) is 0 Å². The van der Waals surface area contributed by atoms with E-state index in [0.29, 0.717) is 6.04 Å². The van der Waals surface area contributed by atoms with Gasteiger partial charge in [0.15, 0.2) is 0 Å². The Hall–Kier alpha value is -1.31. The molecule has 116 valence electrons. The Bertz CT molecular complexity index is 452. The molecule has 0 heterocycles. The van der Waals surface area contributed by atoms with Crippen LogP contribution >= 0.6 is 0 Å². The van der Waals surface area contributed by atoms with Gasteiger partial charge in [-0.2, -0.15) is 0 Å². The molecule has 0 aromatic heterocycles. The van der Waals surface area contributed by atoms with Crippen LogP contribution in [0.4, 0.5) is 0 Å². The smallest absolute Gasteiger partial charge is 0.228 e. The molecular weight excluding hydrogens is 258 g/mol. The predicted molar refractivity (Wildman–Crippen MR) is 87.9 cm³/mol. The molecule has 0 radical (unpaired) electrons. The van der Waals surface area contributed by atoms with E-state index in [1.165, 1.54) is 18.4 Å². The fourth-order valence-electron chi connectivity index (χ4n) is 3.13. The molecule has 0 N–H and O–H groups in total. The van der Waals surface area contributed by atoms with Crippen LogP contribution in [0.15, 0.2) is 30.3 Å². The summed E-state index contributed by atoms with van der Waals surface area (Å²) in [5.41, 5.74) is 0.923. The highest BCUT2D eigenvalue weighted by Gasteiger charge is 2.33. The minimum atomic E-state index is -0.308. The number of hydrogen-bond acceptors (Lipinski definition) is 1. The quantitative estimate of drug-likeness (QED) is 0.793. The summed E-state index contributed by atoms with van der Waals surface area (Å²) in [5.74, 6) is 1.09. The van der Waals surface area contributed by atoms with Crippen molar-refractivity contribution in [2.75, 3.05) is 0 Å². The normalized spacial score (nSPS) is 22.9. The van der Waals surface area contributed by atoms with E-state index < -0.39 is 0 Å². The largest absolute Gasteiger partial charge is 0.335 e. The molecule has 21 heavy (non-hydrogen) atoms. The Balaban J connectivity index is 2.16. The molecule has 1 saturated carbocycles. The second-order valence-corrected chi connectivity index (χ2v) is 7.58. The number of hydrogen-bond donors (Lipinski definition) is 0. The van der Waals surface area contributed by atoms with Crippen LogP contribution in [0.5, 0.6) is 0 Å². The summed E-state index contributed by atoms with van der Waals surface area (Å²) < 4.78 is 0. The lowest BCUT2D eigenvalue weighted by atomic mass is 9.85. The first-order valence-electron chi connectivity index (χ1n) is 8.23. The van der Waals surface area contributed by atoms with Crippen LogP contribution in [0.1, 0.15) is 58.9 Å². The van der Waals surface area contributed by atoms with E-state index in [9.17, 15) is 4.79 Å². The first kappa shape index (κ1) is 16.1. The van der Waals surface area contributed by atoms with E-state index in [4.69, 9.17) is 0 Å². The van der Waals surface area contributed by atoms with Crippen molar-refractivity contribution < 1.29 is 4.79 Å². The van der Waals surface area contributed by atoms with Crippen LogP contribution in [-0.4, -0.2) is 16.8 Å². The first-order chi connectivity index (χ1) is 9.88. The van der Waals surface area contributed by atoms with Gasteiger partial charge in [0, 0.05) is 18.0 Å². The zero-order valence-corrected chi connectivity index (χ0v) is 13.9. The van der Waals surface area contributed by atoms with Crippen LogP contribution in [0.2, 0.25) is 0 Å². The Morgan fingerprint density at radius 2 is 1.67 bits per heavy atom. The van der Waals surface area contributed by atoms with Gasteiger partial charge < -0.3 is 4.90 Å². The van der Waals surface area contributed by atoms with Gasteiger partial charge in [0.2, 0.25) is 5.91 Å². The average Bonchev–Trinajstić information content (AvgIpc) is 2.45.